The van der Waals surface area contributed by atoms with Gasteiger partial charge in [0.25, 0.3) is 0 Å². The molecule has 1 atom stereocenters. The largest absolute Gasteiger partial charge is 0.472 e. The van der Waals surface area contributed by atoms with Gasteiger partial charge < -0.3 is 9.47 Å². The fourth-order valence-corrected chi connectivity index (χ4v) is 0.931. The first-order valence-corrected chi connectivity index (χ1v) is 4.03. The van der Waals surface area contributed by atoms with Gasteiger partial charge in [-0.2, -0.15) is 0 Å². The van der Waals surface area contributed by atoms with E-state index in [2.05, 4.69) is 20.8 Å². The van der Waals surface area contributed by atoms with Crippen LogP contribution in [0.5, 0.6) is 0 Å². The van der Waals surface area contributed by atoms with Crippen molar-refractivity contribution in [1.29, 1.82) is 0 Å². The average Bonchev–Trinajstić information content (AvgIpc) is 2.10. The molecule has 1 aliphatic heterocycles. The highest BCUT2D eigenvalue weighted by Crippen LogP contribution is 2.24. The van der Waals surface area contributed by atoms with Crippen molar-refractivity contribution >= 4 is 0 Å². The predicted octanol–water partition coefficient (Wildman–Crippen LogP) is 2.31. The lowest BCUT2D eigenvalue weighted by atomic mass is 9.96. The summed E-state index contributed by atoms with van der Waals surface area (Å²) < 4.78 is 10.8. The van der Waals surface area contributed by atoms with Crippen molar-refractivity contribution in [2.75, 3.05) is 6.61 Å². The second-order valence-electron chi connectivity index (χ2n) is 3.87. The van der Waals surface area contributed by atoms with Crippen molar-refractivity contribution in [3.8, 4) is 0 Å². The highest BCUT2D eigenvalue weighted by molar-refractivity contribution is 4.79. The summed E-state index contributed by atoms with van der Waals surface area (Å²) >= 11 is 0. The van der Waals surface area contributed by atoms with E-state index in [1.165, 1.54) is 0 Å². The molecule has 0 aliphatic carbocycles. The molecule has 0 spiro atoms. The van der Waals surface area contributed by atoms with Crippen molar-refractivity contribution in [2.24, 2.45) is 5.41 Å². The van der Waals surface area contributed by atoms with E-state index in [-0.39, 0.29) is 11.7 Å². The van der Waals surface area contributed by atoms with Gasteiger partial charge in [0.15, 0.2) is 0 Å². The summed E-state index contributed by atoms with van der Waals surface area (Å²) in [6, 6.07) is 0. The molecule has 1 aliphatic rings. The molecular formula is C9H16O2. The van der Waals surface area contributed by atoms with Crippen LogP contribution in [-0.2, 0) is 9.47 Å². The van der Waals surface area contributed by atoms with E-state index in [0.717, 1.165) is 13.0 Å². The maximum atomic E-state index is 5.48. The van der Waals surface area contributed by atoms with Crippen molar-refractivity contribution in [2.45, 2.75) is 33.5 Å². The second-order valence-corrected chi connectivity index (χ2v) is 3.87. The highest BCUT2D eigenvalue weighted by Gasteiger charge is 2.26. The van der Waals surface area contributed by atoms with E-state index in [1.807, 2.05) is 6.08 Å². The Hall–Kier alpha value is -0.500. The molecule has 1 heterocycles. The Labute approximate surface area is 68.2 Å². The predicted molar refractivity (Wildman–Crippen MR) is 44.0 cm³/mol. The third-order valence-electron chi connectivity index (χ3n) is 1.56. The standard InChI is InChI=1S/C9H16O2/c1-9(2,3)8-10-6-4-5-7-11-8/h4,6,8H,5,7H2,1-3H3/t8-/m1/s1. The number of rotatable bonds is 0. The molecule has 11 heavy (non-hydrogen) atoms. The maximum absolute atomic E-state index is 5.48. The summed E-state index contributed by atoms with van der Waals surface area (Å²) in [5.74, 6) is 0. The van der Waals surface area contributed by atoms with Crippen molar-refractivity contribution in [3.63, 3.8) is 0 Å². The van der Waals surface area contributed by atoms with Gasteiger partial charge in [0.2, 0.25) is 6.29 Å². The van der Waals surface area contributed by atoms with Gasteiger partial charge in [-0.25, -0.2) is 0 Å². The van der Waals surface area contributed by atoms with Crippen molar-refractivity contribution in [3.05, 3.63) is 12.3 Å². The molecular weight excluding hydrogens is 140 g/mol. The smallest absolute Gasteiger partial charge is 0.203 e. The molecule has 0 aromatic carbocycles. The minimum Gasteiger partial charge on any atom is -0.472 e. The van der Waals surface area contributed by atoms with Gasteiger partial charge in [0.05, 0.1) is 12.9 Å². The molecule has 1 rings (SSSR count). The summed E-state index contributed by atoms with van der Waals surface area (Å²) in [4.78, 5) is 0. The Kier molecular flexibility index (Phi) is 2.55. The van der Waals surface area contributed by atoms with E-state index in [0.29, 0.717) is 0 Å². The van der Waals surface area contributed by atoms with Crippen LogP contribution in [0.3, 0.4) is 0 Å². The SMILES string of the molecule is CC(C)(C)[C@@H]1OC=CCCO1. The topological polar surface area (TPSA) is 18.5 Å². The van der Waals surface area contributed by atoms with Crippen LogP contribution in [0.1, 0.15) is 27.2 Å². The normalized spacial score (nSPS) is 25.9. The molecule has 0 unspecified atom stereocenters. The lowest BCUT2D eigenvalue weighted by Crippen LogP contribution is -2.30. The average molecular weight is 156 g/mol. The van der Waals surface area contributed by atoms with E-state index in [9.17, 15) is 0 Å². The zero-order valence-electron chi connectivity index (χ0n) is 7.46. The zero-order valence-corrected chi connectivity index (χ0v) is 7.46. The first kappa shape index (κ1) is 8.60. The summed E-state index contributed by atoms with van der Waals surface area (Å²) in [7, 11) is 0. The van der Waals surface area contributed by atoms with Gasteiger partial charge >= 0.3 is 0 Å². The molecule has 0 saturated heterocycles. The quantitative estimate of drug-likeness (QED) is 0.536. The molecule has 64 valence electrons. The van der Waals surface area contributed by atoms with E-state index >= 15 is 0 Å². The summed E-state index contributed by atoms with van der Waals surface area (Å²) in [6.07, 6.45) is 4.59. The van der Waals surface area contributed by atoms with Crippen LogP contribution in [0.25, 0.3) is 0 Å². The van der Waals surface area contributed by atoms with Gasteiger partial charge in [-0.15, -0.1) is 0 Å². The van der Waals surface area contributed by atoms with Crippen LogP contribution in [0.4, 0.5) is 0 Å². The van der Waals surface area contributed by atoms with Crippen LogP contribution in [0.15, 0.2) is 12.3 Å². The third-order valence-corrected chi connectivity index (χ3v) is 1.56. The van der Waals surface area contributed by atoms with Crippen LogP contribution >= 0.6 is 0 Å². The van der Waals surface area contributed by atoms with E-state index < -0.39 is 0 Å². The Morgan fingerprint density at radius 3 is 2.73 bits per heavy atom. The van der Waals surface area contributed by atoms with Crippen LogP contribution in [0.2, 0.25) is 0 Å². The van der Waals surface area contributed by atoms with Gasteiger partial charge in [0, 0.05) is 5.41 Å². The van der Waals surface area contributed by atoms with Crippen molar-refractivity contribution in [1.82, 2.24) is 0 Å². The molecule has 0 aromatic heterocycles. The zero-order chi connectivity index (χ0) is 8.32. The van der Waals surface area contributed by atoms with Crippen LogP contribution in [-0.4, -0.2) is 12.9 Å². The van der Waals surface area contributed by atoms with Crippen molar-refractivity contribution < 1.29 is 9.47 Å². The first-order chi connectivity index (χ1) is 5.11. The van der Waals surface area contributed by atoms with E-state index in [1.54, 1.807) is 6.26 Å². The molecule has 2 heteroatoms. The molecule has 0 fully saturated rings. The Morgan fingerprint density at radius 1 is 1.36 bits per heavy atom. The molecule has 0 saturated carbocycles. The molecule has 0 N–H and O–H groups in total. The molecule has 0 amide bonds. The lowest BCUT2D eigenvalue weighted by molar-refractivity contribution is -0.158. The summed E-state index contributed by atoms with van der Waals surface area (Å²) in [5, 5.41) is 0. The molecule has 0 aromatic rings. The molecule has 0 radical (unpaired) electrons. The first-order valence-electron chi connectivity index (χ1n) is 4.03. The maximum Gasteiger partial charge on any atom is 0.203 e. The Bertz CT molecular complexity index is 144. The highest BCUT2D eigenvalue weighted by atomic mass is 16.7. The number of ether oxygens (including phenoxy) is 2. The Balaban J connectivity index is 2.51. The number of hydrogen-bond donors (Lipinski definition) is 0. The second kappa shape index (κ2) is 3.26. The lowest BCUT2D eigenvalue weighted by Gasteiger charge is -2.28. The minimum atomic E-state index is -0.0961. The fourth-order valence-electron chi connectivity index (χ4n) is 0.931. The monoisotopic (exact) mass is 156 g/mol. The summed E-state index contributed by atoms with van der Waals surface area (Å²) in [6.45, 7) is 7.09. The number of hydrogen-bond acceptors (Lipinski definition) is 2. The fraction of sp³-hybridized carbons (Fsp3) is 0.778. The van der Waals surface area contributed by atoms with Gasteiger partial charge in [-0.3, -0.25) is 0 Å². The van der Waals surface area contributed by atoms with Crippen LogP contribution in [0, 0.1) is 5.41 Å². The Morgan fingerprint density at radius 2 is 2.09 bits per heavy atom. The van der Waals surface area contributed by atoms with Gasteiger partial charge in [-0.05, 0) is 12.5 Å². The van der Waals surface area contributed by atoms with E-state index in [4.69, 9.17) is 9.47 Å². The third kappa shape index (κ3) is 2.54. The molecule has 0 bridgehead atoms. The molecule has 2 nitrogen and oxygen atoms in total. The van der Waals surface area contributed by atoms with Crippen LogP contribution < -0.4 is 0 Å². The van der Waals surface area contributed by atoms with Gasteiger partial charge in [0.1, 0.15) is 0 Å². The minimum absolute atomic E-state index is 0.0642. The van der Waals surface area contributed by atoms with Gasteiger partial charge in [-0.1, -0.05) is 20.8 Å². The summed E-state index contributed by atoms with van der Waals surface area (Å²) in [5.41, 5.74) is 0.0642.